The zero-order valence-corrected chi connectivity index (χ0v) is 19.9. The highest BCUT2D eigenvalue weighted by atomic mass is 35.5. The molecule has 7 nitrogen and oxygen atoms in total. The van der Waals surface area contributed by atoms with E-state index in [4.69, 9.17) is 28.2 Å². The SMILES string of the molecule is CCc1ccc(N2CCCn3c2nc2c3c(=O)n(Cc3ccc(Cl)cc3Cl)c(=O)n2C)cc1. The lowest BCUT2D eigenvalue weighted by Gasteiger charge is -2.29. The Bertz CT molecular complexity index is 1480. The zero-order chi connectivity index (χ0) is 23.3. The quantitative estimate of drug-likeness (QED) is 0.432. The number of benzene rings is 2. The van der Waals surface area contributed by atoms with Crippen LogP contribution >= 0.6 is 23.2 Å². The van der Waals surface area contributed by atoms with Crippen molar-refractivity contribution in [3.63, 3.8) is 0 Å². The second kappa shape index (κ2) is 8.39. The maximum absolute atomic E-state index is 13.5. The van der Waals surface area contributed by atoms with Crippen molar-refractivity contribution in [2.24, 2.45) is 7.05 Å². The van der Waals surface area contributed by atoms with Crippen molar-refractivity contribution in [1.82, 2.24) is 18.7 Å². The summed E-state index contributed by atoms with van der Waals surface area (Å²) in [7, 11) is 1.64. The molecule has 33 heavy (non-hydrogen) atoms. The number of anilines is 2. The summed E-state index contributed by atoms with van der Waals surface area (Å²) in [4.78, 5) is 33.5. The molecule has 9 heteroatoms. The number of nitrogens with zero attached hydrogens (tertiary/aromatic N) is 5. The Kier molecular flexibility index (Phi) is 5.54. The summed E-state index contributed by atoms with van der Waals surface area (Å²) in [6.07, 6.45) is 1.83. The lowest BCUT2D eigenvalue weighted by molar-refractivity contribution is 0.597. The lowest BCUT2D eigenvalue weighted by Crippen LogP contribution is -2.40. The minimum atomic E-state index is -0.437. The van der Waals surface area contributed by atoms with Crippen LogP contribution in [0.5, 0.6) is 0 Å². The molecule has 0 bridgehead atoms. The molecule has 3 heterocycles. The van der Waals surface area contributed by atoms with E-state index >= 15 is 0 Å². The van der Waals surface area contributed by atoms with Gasteiger partial charge in [0.05, 0.1) is 6.54 Å². The van der Waals surface area contributed by atoms with Gasteiger partial charge in [0.15, 0.2) is 11.2 Å². The van der Waals surface area contributed by atoms with Crippen LogP contribution in [0, 0.1) is 0 Å². The van der Waals surface area contributed by atoms with E-state index < -0.39 is 5.69 Å². The molecule has 2 aromatic carbocycles. The zero-order valence-electron chi connectivity index (χ0n) is 18.4. The Morgan fingerprint density at radius 2 is 1.79 bits per heavy atom. The first-order valence-corrected chi connectivity index (χ1v) is 11.6. The third kappa shape index (κ3) is 3.65. The summed E-state index contributed by atoms with van der Waals surface area (Å²) in [6, 6.07) is 13.4. The highest BCUT2D eigenvalue weighted by Gasteiger charge is 2.27. The van der Waals surface area contributed by atoms with Crippen LogP contribution in [0.4, 0.5) is 11.6 Å². The third-order valence-corrected chi connectivity index (χ3v) is 6.80. The fourth-order valence-electron chi connectivity index (χ4n) is 4.38. The Morgan fingerprint density at radius 3 is 2.48 bits per heavy atom. The number of hydrogen-bond acceptors (Lipinski definition) is 4. The average Bonchev–Trinajstić information content (AvgIpc) is 3.22. The molecular weight excluding hydrogens is 461 g/mol. The molecule has 1 aliphatic rings. The number of imidazole rings is 1. The van der Waals surface area contributed by atoms with Crippen molar-refractivity contribution in [3.8, 4) is 0 Å². The van der Waals surface area contributed by atoms with Crippen LogP contribution in [0.2, 0.25) is 10.0 Å². The minimum absolute atomic E-state index is 0.0557. The van der Waals surface area contributed by atoms with Gasteiger partial charge in [-0.25, -0.2) is 4.79 Å². The van der Waals surface area contributed by atoms with E-state index in [0.717, 1.165) is 25.1 Å². The van der Waals surface area contributed by atoms with Crippen LogP contribution in [-0.2, 0) is 26.6 Å². The monoisotopic (exact) mass is 483 g/mol. The second-order valence-corrected chi connectivity index (χ2v) is 9.07. The summed E-state index contributed by atoms with van der Waals surface area (Å²) in [5.41, 5.74) is 2.92. The van der Waals surface area contributed by atoms with Gasteiger partial charge in [0.1, 0.15) is 0 Å². The first kappa shape index (κ1) is 21.8. The van der Waals surface area contributed by atoms with Gasteiger partial charge in [0, 0.05) is 35.9 Å². The molecule has 4 aromatic rings. The van der Waals surface area contributed by atoms with Crippen molar-refractivity contribution >= 4 is 46.0 Å². The van der Waals surface area contributed by atoms with Crippen LogP contribution in [0.25, 0.3) is 11.2 Å². The van der Waals surface area contributed by atoms with Crippen LogP contribution in [0.3, 0.4) is 0 Å². The Morgan fingerprint density at radius 1 is 1.03 bits per heavy atom. The van der Waals surface area contributed by atoms with E-state index in [9.17, 15) is 9.59 Å². The van der Waals surface area contributed by atoms with E-state index in [1.807, 2.05) is 4.57 Å². The first-order valence-electron chi connectivity index (χ1n) is 10.9. The van der Waals surface area contributed by atoms with Crippen LogP contribution in [0.15, 0.2) is 52.1 Å². The summed E-state index contributed by atoms with van der Waals surface area (Å²) in [6.45, 7) is 3.63. The molecule has 0 unspecified atom stereocenters. The van der Waals surface area contributed by atoms with Crippen molar-refractivity contribution in [3.05, 3.63) is 84.5 Å². The number of fused-ring (bicyclic) bond motifs is 3. The molecule has 0 saturated carbocycles. The number of halogens is 2. The Hall–Kier alpha value is -3.03. The molecule has 0 fully saturated rings. The largest absolute Gasteiger partial charge is 0.332 e. The number of hydrogen-bond donors (Lipinski definition) is 0. The maximum Gasteiger partial charge on any atom is 0.332 e. The molecule has 2 aromatic heterocycles. The minimum Gasteiger partial charge on any atom is -0.312 e. The fourth-order valence-corrected chi connectivity index (χ4v) is 4.85. The molecule has 0 radical (unpaired) electrons. The summed E-state index contributed by atoms with van der Waals surface area (Å²) in [5.74, 6) is 0.676. The molecule has 0 N–H and O–H groups in total. The predicted octanol–water partition coefficient (Wildman–Crippen LogP) is 4.36. The number of aryl methyl sites for hydroxylation is 3. The highest BCUT2D eigenvalue weighted by molar-refractivity contribution is 6.35. The smallest absolute Gasteiger partial charge is 0.312 e. The molecule has 0 atom stereocenters. The van der Waals surface area contributed by atoms with Crippen molar-refractivity contribution in [1.29, 1.82) is 0 Å². The first-order chi connectivity index (χ1) is 15.9. The standard InChI is InChI=1S/C24H23Cl2N5O2/c1-3-15-5-9-18(10-6-15)29-11-4-12-30-20-21(27-23(29)30)28(2)24(33)31(22(20)32)14-16-7-8-17(25)13-19(16)26/h5-10,13H,3-4,11-12,14H2,1-2H3. The van der Waals surface area contributed by atoms with Gasteiger partial charge in [0.25, 0.3) is 5.56 Å². The Labute approximate surface area is 200 Å². The van der Waals surface area contributed by atoms with Gasteiger partial charge in [-0.15, -0.1) is 0 Å². The molecule has 0 saturated heterocycles. The van der Waals surface area contributed by atoms with Gasteiger partial charge in [-0.05, 0) is 48.2 Å². The van der Waals surface area contributed by atoms with Gasteiger partial charge in [-0.2, -0.15) is 4.98 Å². The maximum atomic E-state index is 13.5. The molecule has 0 amide bonds. The summed E-state index contributed by atoms with van der Waals surface area (Å²) >= 11 is 12.3. The number of rotatable bonds is 4. The normalized spacial score (nSPS) is 13.5. The van der Waals surface area contributed by atoms with Crippen LogP contribution < -0.4 is 16.1 Å². The highest BCUT2D eigenvalue weighted by Crippen LogP contribution is 2.31. The van der Waals surface area contributed by atoms with E-state index in [1.54, 1.807) is 25.2 Å². The van der Waals surface area contributed by atoms with Crippen molar-refractivity contribution < 1.29 is 0 Å². The van der Waals surface area contributed by atoms with Crippen molar-refractivity contribution in [2.45, 2.75) is 32.9 Å². The molecule has 5 rings (SSSR count). The van der Waals surface area contributed by atoms with Gasteiger partial charge >= 0.3 is 5.69 Å². The Balaban J connectivity index is 1.66. The van der Waals surface area contributed by atoms with E-state index in [1.165, 1.54) is 14.7 Å². The second-order valence-electron chi connectivity index (χ2n) is 8.23. The fraction of sp³-hybridized carbons (Fsp3) is 0.292. The molecule has 0 aliphatic carbocycles. The van der Waals surface area contributed by atoms with Crippen LogP contribution in [0.1, 0.15) is 24.5 Å². The van der Waals surface area contributed by atoms with Gasteiger partial charge in [0.2, 0.25) is 5.95 Å². The molecule has 0 spiro atoms. The topological polar surface area (TPSA) is 65.1 Å². The van der Waals surface area contributed by atoms with Gasteiger partial charge in [-0.3, -0.25) is 13.9 Å². The number of aromatic nitrogens is 4. The average molecular weight is 484 g/mol. The summed E-state index contributed by atoms with van der Waals surface area (Å²) in [5, 5.41) is 0.907. The van der Waals surface area contributed by atoms with Crippen molar-refractivity contribution in [2.75, 3.05) is 11.4 Å². The van der Waals surface area contributed by atoms with E-state index in [-0.39, 0.29) is 12.1 Å². The van der Waals surface area contributed by atoms with E-state index in [2.05, 4.69) is 36.1 Å². The molecule has 1 aliphatic heterocycles. The molecular formula is C24H23Cl2N5O2. The van der Waals surface area contributed by atoms with Gasteiger partial charge < -0.3 is 9.47 Å². The molecule has 170 valence electrons. The lowest BCUT2D eigenvalue weighted by atomic mass is 10.1. The van der Waals surface area contributed by atoms with E-state index in [0.29, 0.717) is 39.3 Å². The summed E-state index contributed by atoms with van der Waals surface area (Å²) < 4.78 is 4.57. The third-order valence-electron chi connectivity index (χ3n) is 6.22. The predicted molar refractivity (Wildman–Crippen MR) is 132 cm³/mol. The van der Waals surface area contributed by atoms with Gasteiger partial charge in [-0.1, -0.05) is 48.3 Å². The van der Waals surface area contributed by atoms with Crippen LogP contribution in [-0.4, -0.2) is 25.2 Å².